The number of halogens is 3. The summed E-state index contributed by atoms with van der Waals surface area (Å²) in [6.07, 6.45) is -0.298. The molecule has 136 valence electrons. The quantitative estimate of drug-likeness (QED) is 0.888. The summed E-state index contributed by atoms with van der Waals surface area (Å²) < 4.78 is 44.6. The van der Waals surface area contributed by atoms with Gasteiger partial charge >= 0.3 is 6.18 Å². The van der Waals surface area contributed by atoms with Crippen molar-refractivity contribution in [1.29, 1.82) is 0 Å². The van der Waals surface area contributed by atoms with Gasteiger partial charge in [-0.2, -0.15) is 18.3 Å². The highest BCUT2D eigenvalue weighted by molar-refractivity contribution is 5.09. The molecule has 24 heavy (non-hydrogen) atoms. The van der Waals surface area contributed by atoms with Crippen molar-refractivity contribution in [2.24, 2.45) is 7.05 Å². The molecule has 2 atom stereocenters. The molecule has 0 unspecified atom stereocenters. The third-order valence-electron chi connectivity index (χ3n) is 4.99. The molecule has 0 spiro atoms. The Bertz CT molecular complexity index is 526. The average molecular weight is 346 g/mol. The van der Waals surface area contributed by atoms with Crippen molar-refractivity contribution in [2.75, 3.05) is 26.2 Å². The van der Waals surface area contributed by atoms with Gasteiger partial charge in [0, 0.05) is 38.5 Å². The van der Waals surface area contributed by atoms with Crippen LogP contribution in [-0.4, -0.2) is 59.2 Å². The van der Waals surface area contributed by atoms with Gasteiger partial charge < -0.3 is 15.0 Å². The van der Waals surface area contributed by atoms with Crippen molar-refractivity contribution < 1.29 is 17.9 Å². The van der Waals surface area contributed by atoms with Gasteiger partial charge in [0.25, 0.3) is 0 Å². The Balaban J connectivity index is 1.46. The van der Waals surface area contributed by atoms with E-state index in [0.29, 0.717) is 6.04 Å². The minimum absolute atomic E-state index is 0.000703. The number of ether oxygens (including phenoxy) is 1. The summed E-state index contributed by atoms with van der Waals surface area (Å²) >= 11 is 0. The molecule has 0 saturated carbocycles. The molecule has 0 amide bonds. The van der Waals surface area contributed by atoms with Crippen LogP contribution in [0.3, 0.4) is 0 Å². The predicted molar refractivity (Wildman–Crippen MR) is 83.6 cm³/mol. The smallest absolute Gasteiger partial charge is 0.370 e. The molecule has 1 aromatic heterocycles. The third-order valence-corrected chi connectivity index (χ3v) is 4.99. The zero-order valence-electron chi connectivity index (χ0n) is 13.9. The van der Waals surface area contributed by atoms with E-state index in [4.69, 9.17) is 4.74 Å². The summed E-state index contributed by atoms with van der Waals surface area (Å²) in [6, 6.07) is 2.56. The predicted octanol–water partition coefficient (Wildman–Crippen LogP) is 2.26. The molecule has 2 aliphatic heterocycles. The summed E-state index contributed by atoms with van der Waals surface area (Å²) in [5.74, 6) is 0. The molecule has 5 nitrogen and oxygen atoms in total. The molecule has 1 aromatic rings. The summed E-state index contributed by atoms with van der Waals surface area (Å²) in [7, 11) is 1.91. The standard InChI is InChI=1S/C16H25F3N4O/c1-22-14(2-7-20-22)15-13(5-11-24-15)21-12-3-8-23(9-4-12)10-6-16(17,18)19/h2,7,12-13,15,21H,3-6,8-11H2,1H3/t13-,15-/m0/s1. The highest BCUT2D eigenvalue weighted by atomic mass is 19.4. The highest BCUT2D eigenvalue weighted by Gasteiger charge is 2.34. The molecule has 0 bridgehead atoms. The van der Waals surface area contributed by atoms with Crippen LogP contribution in [0, 0.1) is 0 Å². The van der Waals surface area contributed by atoms with E-state index in [1.807, 2.05) is 22.7 Å². The minimum atomic E-state index is -4.06. The first-order valence-corrected chi connectivity index (χ1v) is 8.57. The molecular formula is C16H25F3N4O. The van der Waals surface area contributed by atoms with E-state index < -0.39 is 12.6 Å². The molecular weight excluding hydrogens is 321 g/mol. The van der Waals surface area contributed by atoms with Crippen molar-refractivity contribution in [1.82, 2.24) is 20.0 Å². The Kier molecular flexibility index (Phi) is 5.46. The van der Waals surface area contributed by atoms with E-state index in [0.717, 1.165) is 44.7 Å². The minimum Gasteiger partial charge on any atom is -0.370 e. The maximum absolute atomic E-state index is 12.3. The van der Waals surface area contributed by atoms with Gasteiger partial charge in [0.1, 0.15) is 6.10 Å². The summed E-state index contributed by atoms with van der Waals surface area (Å²) in [4.78, 5) is 1.91. The number of alkyl halides is 3. The number of hydrogen-bond donors (Lipinski definition) is 1. The molecule has 3 rings (SSSR count). The van der Waals surface area contributed by atoms with Gasteiger partial charge in [-0.3, -0.25) is 4.68 Å². The van der Waals surface area contributed by atoms with Crippen LogP contribution in [0.15, 0.2) is 12.3 Å². The molecule has 0 radical (unpaired) electrons. The second-order valence-electron chi connectivity index (χ2n) is 6.71. The van der Waals surface area contributed by atoms with Crippen LogP contribution in [0.5, 0.6) is 0 Å². The van der Waals surface area contributed by atoms with Gasteiger partial charge in [-0.05, 0) is 38.4 Å². The van der Waals surface area contributed by atoms with Crippen LogP contribution in [0.2, 0.25) is 0 Å². The van der Waals surface area contributed by atoms with E-state index in [9.17, 15) is 13.2 Å². The van der Waals surface area contributed by atoms with Crippen molar-refractivity contribution in [3.8, 4) is 0 Å². The van der Waals surface area contributed by atoms with Gasteiger partial charge in [0.05, 0.1) is 12.1 Å². The molecule has 1 N–H and O–H groups in total. The van der Waals surface area contributed by atoms with Crippen LogP contribution in [0.4, 0.5) is 13.2 Å². The average Bonchev–Trinajstić information content (AvgIpc) is 3.14. The van der Waals surface area contributed by atoms with Crippen molar-refractivity contribution in [3.05, 3.63) is 18.0 Å². The lowest BCUT2D eigenvalue weighted by atomic mass is 10.0. The van der Waals surface area contributed by atoms with E-state index in [-0.39, 0.29) is 18.7 Å². The normalized spacial score (nSPS) is 27.0. The number of aromatic nitrogens is 2. The number of nitrogens with zero attached hydrogens (tertiary/aromatic N) is 3. The molecule has 0 aliphatic carbocycles. The Hall–Kier alpha value is -1.12. The number of nitrogens with one attached hydrogen (secondary N) is 1. The van der Waals surface area contributed by atoms with Gasteiger partial charge in [-0.15, -0.1) is 0 Å². The third kappa shape index (κ3) is 4.49. The molecule has 2 saturated heterocycles. The largest absolute Gasteiger partial charge is 0.390 e. The number of piperidine rings is 1. The van der Waals surface area contributed by atoms with E-state index in [2.05, 4.69) is 10.4 Å². The fraction of sp³-hybridized carbons (Fsp3) is 0.812. The first-order valence-electron chi connectivity index (χ1n) is 8.57. The van der Waals surface area contributed by atoms with Gasteiger partial charge in [0.2, 0.25) is 0 Å². The Labute approximate surface area is 140 Å². The van der Waals surface area contributed by atoms with E-state index in [1.54, 1.807) is 6.20 Å². The number of aryl methyl sites for hydroxylation is 1. The monoisotopic (exact) mass is 346 g/mol. The van der Waals surface area contributed by atoms with Crippen LogP contribution >= 0.6 is 0 Å². The number of rotatable bonds is 5. The summed E-state index contributed by atoms with van der Waals surface area (Å²) in [5.41, 5.74) is 1.06. The molecule has 0 aromatic carbocycles. The van der Waals surface area contributed by atoms with Gasteiger partial charge in [-0.25, -0.2) is 0 Å². The Morgan fingerprint density at radius 2 is 2.04 bits per heavy atom. The first-order chi connectivity index (χ1) is 11.4. The van der Waals surface area contributed by atoms with Crippen LogP contribution in [0.1, 0.15) is 37.5 Å². The zero-order chi connectivity index (χ0) is 17.2. The molecule has 2 fully saturated rings. The summed E-state index contributed by atoms with van der Waals surface area (Å²) in [6.45, 7) is 2.27. The second-order valence-corrected chi connectivity index (χ2v) is 6.71. The van der Waals surface area contributed by atoms with Crippen molar-refractivity contribution in [2.45, 2.75) is 50.0 Å². The molecule has 8 heteroatoms. The van der Waals surface area contributed by atoms with Crippen molar-refractivity contribution in [3.63, 3.8) is 0 Å². The van der Waals surface area contributed by atoms with Gasteiger partial charge in [-0.1, -0.05) is 0 Å². The summed E-state index contributed by atoms with van der Waals surface area (Å²) in [5, 5.41) is 7.86. The van der Waals surface area contributed by atoms with Crippen LogP contribution in [-0.2, 0) is 11.8 Å². The Morgan fingerprint density at radius 1 is 1.29 bits per heavy atom. The maximum Gasteiger partial charge on any atom is 0.390 e. The van der Waals surface area contributed by atoms with Crippen LogP contribution in [0.25, 0.3) is 0 Å². The number of likely N-dealkylation sites (tertiary alicyclic amines) is 1. The lowest BCUT2D eigenvalue weighted by molar-refractivity contribution is -0.138. The van der Waals surface area contributed by atoms with E-state index >= 15 is 0 Å². The highest BCUT2D eigenvalue weighted by Crippen LogP contribution is 2.30. The zero-order valence-corrected chi connectivity index (χ0v) is 13.9. The lowest BCUT2D eigenvalue weighted by Gasteiger charge is -2.34. The first kappa shape index (κ1) is 17.7. The fourth-order valence-corrected chi connectivity index (χ4v) is 3.63. The maximum atomic E-state index is 12.3. The lowest BCUT2D eigenvalue weighted by Crippen LogP contribution is -2.47. The molecule has 2 aliphatic rings. The molecule has 3 heterocycles. The SMILES string of the molecule is Cn1nccc1[C@H]1OCC[C@@H]1NC1CCN(CCC(F)(F)F)CC1. The van der Waals surface area contributed by atoms with Crippen molar-refractivity contribution >= 4 is 0 Å². The van der Waals surface area contributed by atoms with E-state index in [1.165, 1.54) is 0 Å². The number of hydrogen-bond acceptors (Lipinski definition) is 4. The van der Waals surface area contributed by atoms with Crippen LogP contribution < -0.4 is 5.32 Å². The fourth-order valence-electron chi connectivity index (χ4n) is 3.63. The second kappa shape index (κ2) is 7.41. The van der Waals surface area contributed by atoms with Gasteiger partial charge in [0.15, 0.2) is 0 Å². The Morgan fingerprint density at radius 3 is 2.67 bits per heavy atom. The topological polar surface area (TPSA) is 42.3 Å².